The van der Waals surface area contributed by atoms with Crippen LogP contribution in [0.4, 0.5) is 0 Å². The maximum Gasteiger partial charge on any atom is 0.0734 e. The average molecular weight is 280 g/mol. The molecule has 3 nitrogen and oxygen atoms in total. The summed E-state index contributed by atoms with van der Waals surface area (Å²) in [5.74, 6) is 0. The van der Waals surface area contributed by atoms with Gasteiger partial charge in [0, 0.05) is 17.2 Å². The predicted molar refractivity (Wildman–Crippen MR) is 68.1 cm³/mol. The molecule has 2 N–H and O–H groups in total. The second-order valence-electron chi connectivity index (χ2n) is 3.57. The van der Waals surface area contributed by atoms with Crippen LogP contribution in [0.2, 0.25) is 0 Å². The molecule has 16 heavy (non-hydrogen) atoms. The number of aromatic nitrogens is 2. The molecule has 2 aromatic rings. The van der Waals surface area contributed by atoms with Gasteiger partial charge in [-0.25, -0.2) is 0 Å². The first kappa shape index (κ1) is 11.4. The molecular weight excluding hydrogens is 266 g/mol. The van der Waals surface area contributed by atoms with Gasteiger partial charge in [-0.3, -0.25) is 4.68 Å². The van der Waals surface area contributed by atoms with E-state index in [1.54, 1.807) is 6.20 Å². The van der Waals surface area contributed by atoms with Crippen molar-refractivity contribution in [2.24, 2.45) is 5.73 Å². The number of aryl methyl sites for hydroxylation is 1. The summed E-state index contributed by atoms with van der Waals surface area (Å²) in [6, 6.07) is 9.83. The van der Waals surface area contributed by atoms with E-state index in [9.17, 15) is 0 Å². The van der Waals surface area contributed by atoms with Gasteiger partial charge in [-0.1, -0.05) is 34.1 Å². The van der Waals surface area contributed by atoms with Crippen molar-refractivity contribution < 1.29 is 0 Å². The second kappa shape index (κ2) is 4.80. The van der Waals surface area contributed by atoms with Crippen LogP contribution in [-0.2, 0) is 6.54 Å². The molecule has 0 radical (unpaired) electrons. The first-order valence-electron chi connectivity index (χ1n) is 5.25. The maximum atomic E-state index is 6.25. The molecule has 0 aliphatic carbocycles. The highest BCUT2D eigenvalue weighted by atomic mass is 79.9. The fraction of sp³-hybridized carbons (Fsp3) is 0.250. The molecule has 1 heterocycles. The largest absolute Gasteiger partial charge is 0.319 e. The van der Waals surface area contributed by atoms with Gasteiger partial charge in [-0.15, -0.1) is 0 Å². The smallest absolute Gasteiger partial charge is 0.0734 e. The lowest BCUT2D eigenvalue weighted by Gasteiger charge is -2.15. The Bertz CT molecular complexity index is 479. The lowest BCUT2D eigenvalue weighted by Crippen LogP contribution is -2.17. The number of halogens is 1. The van der Waals surface area contributed by atoms with Gasteiger partial charge in [0.05, 0.1) is 11.7 Å². The summed E-state index contributed by atoms with van der Waals surface area (Å²) in [5, 5.41) is 4.23. The van der Waals surface area contributed by atoms with E-state index in [2.05, 4.69) is 28.0 Å². The third-order valence-electron chi connectivity index (χ3n) is 2.61. The van der Waals surface area contributed by atoms with Crippen molar-refractivity contribution >= 4 is 15.9 Å². The Labute approximate surface area is 103 Å². The third-order valence-corrected chi connectivity index (χ3v) is 3.33. The zero-order valence-corrected chi connectivity index (χ0v) is 10.7. The van der Waals surface area contributed by atoms with E-state index < -0.39 is 0 Å². The summed E-state index contributed by atoms with van der Waals surface area (Å²) in [5.41, 5.74) is 8.36. The van der Waals surface area contributed by atoms with Crippen molar-refractivity contribution in [2.45, 2.75) is 19.5 Å². The summed E-state index contributed by atoms with van der Waals surface area (Å²) in [6.45, 7) is 2.89. The number of nitrogens with two attached hydrogens (primary N) is 1. The molecule has 0 spiro atoms. The minimum atomic E-state index is -0.141. The summed E-state index contributed by atoms with van der Waals surface area (Å²) in [4.78, 5) is 0. The quantitative estimate of drug-likeness (QED) is 0.939. The molecule has 4 heteroatoms. The zero-order chi connectivity index (χ0) is 11.5. The van der Waals surface area contributed by atoms with E-state index in [4.69, 9.17) is 5.73 Å². The molecule has 1 unspecified atom stereocenters. The Hall–Kier alpha value is -1.13. The van der Waals surface area contributed by atoms with Crippen LogP contribution in [0.1, 0.15) is 24.2 Å². The first-order chi connectivity index (χ1) is 7.74. The average Bonchev–Trinajstić information content (AvgIpc) is 2.77. The number of hydrogen-bond acceptors (Lipinski definition) is 2. The first-order valence-corrected chi connectivity index (χ1v) is 6.05. The highest BCUT2D eigenvalue weighted by Gasteiger charge is 2.15. The van der Waals surface area contributed by atoms with E-state index in [1.807, 2.05) is 35.0 Å². The Kier molecular flexibility index (Phi) is 3.41. The highest BCUT2D eigenvalue weighted by Crippen LogP contribution is 2.26. The molecule has 0 saturated heterocycles. The van der Waals surface area contributed by atoms with Crippen molar-refractivity contribution in [1.82, 2.24) is 9.78 Å². The highest BCUT2D eigenvalue weighted by molar-refractivity contribution is 9.10. The van der Waals surface area contributed by atoms with Gasteiger partial charge >= 0.3 is 0 Å². The molecule has 84 valence electrons. The molecular formula is C12H14BrN3. The third kappa shape index (κ3) is 2.03. The number of nitrogens with zero attached hydrogens (tertiary/aromatic N) is 2. The monoisotopic (exact) mass is 279 g/mol. The number of hydrogen-bond donors (Lipinski definition) is 1. The minimum Gasteiger partial charge on any atom is -0.319 e. The fourth-order valence-corrected chi connectivity index (χ4v) is 2.29. The van der Waals surface area contributed by atoms with Crippen molar-refractivity contribution in [2.75, 3.05) is 0 Å². The molecule has 1 aromatic carbocycles. The van der Waals surface area contributed by atoms with Crippen LogP contribution >= 0.6 is 15.9 Å². The van der Waals surface area contributed by atoms with Crippen LogP contribution in [0.5, 0.6) is 0 Å². The molecule has 0 aliphatic rings. The Morgan fingerprint density at radius 1 is 1.38 bits per heavy atom. The van der Waals surface area contributed by atoms with E-state index >= 15 is 0 Å². The molecule has 1 aromatic heterocycles. The van der Waals surface area contributed by atoms with Gasteiger partial charge in [0.25, 0.3) is 0 Å². The SMILES string of the molecule is CCn1nccc1C(N)c1ccccc1Br. The van der Waals surface area contributed by atoms with Crippen molar-refractivity contribution in [3.05, 3.63) is 52.3 Å². The van der Waals surface area contributed by atoms with Gasteiger partial charge in [0.1, 0.15) is 0 Å². The molecule has 0 saturated carbocycles. The standard InChI is InChI=1S/C12H14BrN3/c1-2-16-11(7-8-15-16)12(14)9-5-3-4-6-10(9)13/h3-8,12H,2,14H2,1H3. The lowest BCUT2D eigenvalue weighted by atomic mass is 10.0. The van der Waals surface area contributed by atoms with Crippen LogP contribution in [0.3, 0.4) is 0 Å². The zero-order valence-electron chi connectivity index (χ0n) is 9.10. The molecule has 0 fully saturated rings. The van der Waals surface area contributed by atoms with Crippen molar-refractivity contribution in [1.29, 1.82) is 0 Å². The molecule has 0 amide bonds. The van der Waals surface area contributed by atoms with Crippen LogP contribution in [-0.4, -0.2) is 9.78 Å². The summed E-state index contributed by atoms with van der Waals surface area (Å²) >= 11 is 3.52. The summed E-state index contributed by atoms with van der Waals surface area (Å²) in [6.07, 6.45) is 1.79. The van der Waals surface area contributed by atoms with Gasteiger partial charge < -0.3 is 5.73 Å². The minimum absolute atomic E-state index is 0.141. The van der Waals surface area contributed by atoms with Crippen LogP contribution in [0.15, 0.2) is 41.0 Å². The summed E-state index contributed by atoms with van der Waals surface area (Å²) < 4.78 is 2.95. The lowest BCUT2D eigenvalue weighted by molar-refractivity contribution is 0.600. The summed E-state index contributed by atoms with van der Waals surface area (Å²) in [7, 11) is 0. The van der Waals surface area contributed by atoms with Crippen molar-refractivity contribution in [3.8, 4) is 0 Å². The molecule has 0 aliphatic heterocycles. The van der Waals surface area contributed by atoms with Crippen LogP contribution < -0.4 is 5.73 Å². The van der Waals surface area contributed by atoms with Gasteiger partial charge in [0.2, 0.25) is 0 Å². The van der Waals surface area contributed by atoms with Gasteiger partial charge in [-0.05, 0) is 24.6 Å². The Balaban J connectivity index is 2.39. The van der Waals surface area contributed by atoms with E-state index in [0.717, 1.165) is 22.3 Å². The van der Waals surface area contributed by atoms with Crippen LogP contribution in [0, 0.1) is 0 Å². The normalized spacial score (nSPS) is 12.7. The van der Waals surface area contributed by atoms with E-state index in [1.165, 1.54) is 0 Å². The molecule has 0 bridgehead atoms. The van der Waals surface area contributed by atoms with Crippen molar-refractivity contribution in [3.63, 3.8) is 0 Å². The fourth-order valence-electron chi connectivity index (χ4n) is 1.76. The number of rotatable bonds is 3. The number of benzene rings is 1. The topological polar surface area (TPSA) is 43.8 Å². The Morgan fingerprint density at radius 3 is 2.81 bits per heavy atom. The van der Waals surface area contributed by atoms with Crippen LogP contribution in [0.25, 0.3) is 0 Å². The van der Waals surface area contributed by atoms with Gasteiger partial charge in [0.15, 0.2) is 0 Å². The second-order valence-corrected chi connectivity index (χ2v) is 4.43. The maximum absolute atomic E-state index is 6.25. The molecule has 2 rings (SSSR count). The van der Waals surface area contributed by atoms with E-state index in [-0.39, 0.29) is 6.04 Å². The molecule has 1 atom stereocenters. The Morgan fingerprint density at radius 2 is 2.12 bits per heavy atom. The van der Waals surface area contributed by atoms with Gasteiger partial charge in [-0.2, -0.15) is 5.10 Å². The predicted octanol–water partition coefficient (Wildman–Crippen LogP) is 2.71. The van der Waals surface area contributed by atoms with E-state index in [0.29, 0.717) is 0 Å².